The molecule has 0 radical (unpaired) electrons. The molecule has 1 N–H and O–H groups in total. The zero-order valence-corrected chi connectivity index (χ0v) is 10.5. The normalized spacial score (nSPS) is 9.94. The predicted octanol–water partition coefficient (Wildman–Crippen LogP) is 2.39. The number of non-ortho nitro benzene ring substituents is 1. The van der Waals surface area contributed by atoms with Crippen molar-refractivity contribution < 1.29 is 22.4 Å². The first-order chi connectivity index (χ1) is 8.06. The number of nitro benzene ring substituents is 1. The smallest absolute Gasteiger partial charge is 0.422 e. The molecule has 0 aliphatic heterocycles. The zero-order valence-electron chi connectivity index (χ0n) is 8.15. The Balaban J connectivity index is 0.000000494. The van der Waals surface area contributed by atoms with Crippen LogP contribution in [0.25, 0.3) is 4.98 Å². The first-order valence-electron chi connectivity index (χ1n) is 3.73. The van der Waals surface area contributed by atoms with E-state index in [0.717, 1.165) is 12.1 Å². The summed E-state index contributed by atoms with van der Waals surface area (Å²) in [4.78, 5) is 12.4. The molecule has 0 aliphatic rings. The molecule has 0 heterocycles. The van der Waals surface area contributed by atoms with Crippen molar-refractivity contribution in [2.24, 2.45) is 0 Å². The van der Waals surface area contributed by atoms with Gasteiger partial charge in [0.25, 0.3) is 5.69 Å². The van der Waals surface area contributed by atoms with Gasteiger partial charge in [-0.3, -0.25) is 14.7 Å². The van der Waals surface area contributed by atoms with Crippen LogP contribution < -0.4 is 0 Å². The van der Waals surface area contributed by atoms with Crippen molar-refractivity contribution in [3.63, 3.8) is 0 Å². The molecule has 0 spiro atoms. The number of hydrogen-bond acceptors (Lipinski definition) is 6. The van der Waals surface area contributed by atoms with Crippen molar-refractivity contribution in [3.8, 4) is 0 Å². The maximum Gasteiger partial charge on any atom is 0.422 e. The van der Waals surface area contributed by atoms with Crippen molar-refractivity contribution in [1.29, 1.82) is 5.39 Å². The zero-order chi connectivity index (χ0) is 14.5. The molecule has 0 bridgehead atoms. The molecule has 0 atom stereocenters. The number of halogens is 2. The first-order valence-corrected chi connectivity index (χ1v) is 5.85. The molecule has 12 heteroatoms. The van der Waals surface area contributed by atoms with Crippen LogP contribution >= 0.6 is 23.2 Å². The standard InChI is InChI=1S/C6H2Cl2N3O2.H2O4S/c7-4-1-3(11(12)13)2-5(8)6(4)10-9;1-5(2,3)4/h1-2H;(H2,1,2,3,4)/q+1;/p-1. The van der Waals surface area contributed by atoms with Crippen LogP contribution in [-0.4, -0.2) is 22.4 Å². The summed E-state index contributed by atoms with van der Waals surface area (Å²) in [6, 6.07) is 2.12. The van der Waals surface area contributed by atoms with Gasteiger partial charge < -0.3 is 4.55 Å². The summed E-state index contributed by atoms with van der Waals surface area (Å²) < 4.78 is 32.8. The van der Waals surface area contributed by atoms with Crippen LogP contribution in [0.15, 0.2) is 12.1 Å². The maximum absolute atomic E-state index is 10.3. The summed E-state index contributed by atoms with van der Waals surface area (Å²) in [6.07, 6.45) is 0. The molecule has 0 amide bonds. The summed E-state index contributed by atoms with van der Waals surface area (Å²) >= 11 is 11.1. The molecule has 0 aliphatic carbocycles. The Hall–Kier alpha value is -1.51. The summed E-state index contributed by atoms with van der Waals surface area (Å²) in [5.41, 5.74) is -0.323. The van der Waals surface area contributed by atoms with E-state index in [9.17, 15) is 10.1 Å². The minimum atomic E-state index is -4.92. The van der Waals surface area contributed by atoms with E-state index in [4.69, 9.17) is 46.1 Å². The van der Waals surface area contributed by atoms with E-state index in [2.05, 4.69) is 4.98 Å². The molecule has 0 saturated heterocycles. The van der Waals surface area contributed by atoms with Gasteiger partial charge in [0.2, 0.25) is 15.8 Å². The number of diazo groups is 1. The van der Waals surface area contributed by atoms with Crippen molar-refractivity contribution >= 4 is 45.0 Å². The molecule has 0 saturated carbocycles. The van der Waals surface area contributed by atoms with E-state index in [0.29, 0.717) is 0 Å². The second-order valence-electron chi connectivity index (χ2n) is 2.54. The molecule has 1 aromatic carbocycles. The van der Waals surface area contributed by atoms with Gasteiger partial charge in [-0.25, -0.2) is 8.42 Å². The lowest BCUT2D eigenvalue weighted by Gasteiger charge is -1.91. The second-order valence-corrected chi connectivity index (χ2v) is 4.21. The highest BCUT2D eigenvalue weighted by molar-refractivity contribution is 7.79. The predicted molar refractivity (Wildman–Crippen MR) is 60.2 cm³/mol. The molecular weight excluding hydrogens is 313 g/mol. The van der Waals surface area contributed by atoms with Crippen molar-refractivity contribution in [2.75, 3.05) is 0 Å². The number of nitrogens with zero attached hydrogens (tertiary/aromatic N) is 3. The van der Waals surface area contributed by atoms with Crippen LogP contribution in [0, 0.1) is 15.5 Å². The molecule has 0 fully saturated rings. The Kier molecular flexibility index (Phi) is 5.89. The molecule has 0 unspecified atom stereocenters. The minimum Gasteiger partial charge on any atom is -0.726 e. The molecule has 0 aromatic heterocycles. The third-order valence-corrected chi connectivity index (χ3v) is 1.89. The van der Waals surface area contributed by atoms with Crippen molar-refractivity contribution in [3.05, 3.63) is 37.3 Å². The topological polar surface area (TPSA) is 149 Å². The average Bonchev–Trinajstić information content (AvgIpc) is 2.14. The summed E-state index contributed by atoms with van der Waals surface area (Å²) in [5, 5.41) is 18.6. The monoisotopic (exact) mass is 315 g/mol. The minimum absolute atomic E-state index is 0.0679. The van der Waals surface area contributed by atoms with E-state index in [-0.39, 0.29) is 21.4 Å². The van der Waals surface area contributed by atoms with Crippen LogP contribution in [0.1, 0.15) is 0 Å². The van der Waals surface area contributed by atoms with Crippen LogP contribution in [0.5, 0.6) is 0 Å². The van der Waals surface area contributed by atoms with Gasteiger partial charge in [-0.15, -0.1) is 0 Å². The van der Waals surface area contributed by atoms with Crippen LogP contribution in [0.4, 0.5) is 11.4 Å². The molecule has 98 valence electrons. The molecule has 18 heavy (non-hydrogen) atoms. The van der Waals surface area contributed by atoms with E-state index in [1.54, 1.807) is 0 Å². The highest BCUT2D eigenvalue weighted by atomic mass is 35.5. The lowest BCUT2D eigenvalue weighted by molar-refractivity contribution is -0.384. The van der Waals surface area contributed by atoms with Crippen LogP contribution in [-0.2, 0) is 10.4 Å². The summed E-state index contributed by atoms with van der Waals surface area (Å²) in [6.45, 7) is 0. The van der Waals surface area contributed by atoms with Crippen molar-refractivity contribution in [1.82, 2.24) is 0 Å². The van der Waals surface area contributed by atoms with Gasteiger partial charge in [0.15, 0.2) is 4.98 Å². The van der Waals surface area contributed by atoms with Gasteiger partial charge in [0, 0.05) is 12.1 Å². The number of benzene rings is 1. The second kappa shape index (κ2) is 6.43. The third-order valence-electron chi connectivity index (χ3n) is 1.31. The fourth-order valence-corrected chi connectivity index (χ4v) is 1.30. The van der Waals surface area contributed by atoms with Gasteiger partial charge in [-0.2, -0.15) is 0 Å². The van der Waals surface area contributed by atoms with E-state index < -0.39 is 15.3 Å². The Morgan fingerprint density at radius 2 is 1.67 bits per heavy atom. The fourth-order valence-electron chi connectivity index (χ4n) is 0.753. The first kappa shape index (κ1) is 16.5. The Labute approximate surface area is 110 Å². The number of hydrogen-bond donors (Lipinski definition) is 1. The quantitative estimate of drug-likeness (QED) is 0.275. The van der Waals surface area contributed by atoms with Crippen molar-refractivity contribution in [2.45, 2.75) is 0 Å². The van der Waals surface area contributed by atoms with Gasteiger partial charge in [0.1, 0.15) is 10.0 Å². The largest absolute Gasteiger partial charge is 0.726 e. The molecule has 1 aromatic rings. The number of rotatable bonds is 1. The lowest BCUT2D eigenvalue weighted by Crippen LogP contribution is -1.90. The van der Waals surface area contributed by atoms with Gasteiger partial charge in [-0.1, -0.05) is 23.2 Å². The van der Waals surface area contributed by atoms with Gasteiger partial charge >= 0.3 is 5.69 Å². The van der Waals surface area contributed by atoms with E-state index >= 15 is 0 Å². The summed E-state index contributed by atoms with van der Waals surface area (Å²) in [5.74, 6) is 0. The Morgan fingerprint density at radius 3 is 1.89 bits per heavy atom. The van der Waals surface area contributed by atoms with Crippen LogP contribution in [0.3, 0.4) is 0 Å². The SMILES string of the molecule is N#[N+]c1c(Cl)cc([N+](=O)[O-])cc1Cl.O=S(=O)([O-])O. The average molecular weight is 316 g/mol. The van der Waals surface area contributed by atoms with Gasteiger partial charge in [0.05, 0.1) is 4.92 Å². The van der Waals surface area contributed by atoms with Crippen LogP contribution in [0.2, 0.25) is 10.0 Å². The molecule has 1 rings (SSSR count). The lowest BCUT2D eigenvalue weighted by atomic mass is 10.3. The summed E-state index contributed by atoms with van der Waals surface area (Å²) in [7, 11) is -4.92. The highest BCUT2D eigenvalue weighted by Gasteiger charge is 2.22. The number of nitro groups is 1. The van der Waals surface area contributed by atoms with E-state index in [1.165, 1.54) is 0 Å². The van der Waals surface area contributed by atoms with E-state index in [1.807, 2.05) is 0 Å². The maximum atomic E-state index is 10.3. The fraction of sp³-hybridized carbons (Fsp3) is 0. The Bertz CT molecular complexity index is 579. The highest BCUT2D eigenvalue weighted by Crippen LogP contribution is 2.36. The molecular formula is C6H3Cl2N3O6S. The Morgan fingerprint density at radius 1 is 1.33 bits per heavy atom. The van der Waals surface area contributed by atoms with Gasteiger partial charge in [-0.05, 0) is 0 Å². The third kappa shape index (κ3) is 6.28. The molecule has 9 nitrogen and oxygen atoms in total.